The number of rotatable bonds is 8. The first-order valence-corrected chi connectivity index (χ1v) is 7.10. The van der Waals surface area contributed by atoms with Gasteiger partial charge >= 0.3 is 0 Å². The van der Waals surface area contributed by atoms with E-state index in [-0.39, 0.29) is 12.0 Å². The van der Waals surface area contributed by atoms with Crippen molar-refractivity contribution in [3.8, 4) is 5.88 Å². The topological polar surface area (TPSA) is 77.2 Å². The Balaban J connectivity index is 2.46. The quantitative estimate of drug-likeness (QED) is 0.761. The fraction of sp³-hybridized carbons (Fsp3) is 0.600. The molecule has 0 aliphatic carbocycles. The predicted molar refractivity (Wildman–Crippen MR) is 79.3 cm³/mol. The summed E-state index contributed by atoms with van der Waals surface area (Å²) in [6.45, 7) is 6.99. The number of aromatic nitrogens is 1. The molecule has 1 unspecified atom stereocenters. The Morgan fingerprint density at radius 3 is 2.85 bits per heavy atom. The van der Waals surface area contributed by atoms with Crippen LogP contribution in [0.1, 0.15) is 39.2 Å². The number of carbonyl (C=O) groups excluding carboxylic acids is 1. The number of hydrogen-bond donors (Lipinski definition) is 2. The molecule has 1 amide bonds. The Bertz CT molecular complexity index is 421. The lowest BCUT2D eigenvalue weighted by Crippen LogP contribution is -2.24. The summed E-state index contributed by atoms with van der Waals surface area (Å²) in [5.41, 5.74) is 6.42. The molecule has 0 aliphatic rings. The summed E-state index contributed by atoms with van der Waals surface area (Å²) in [5, 5.41) is 2.89. The minimum absolute atomic E-state index is 0.0321. The summed E-state index contributed by atoms with van der Waals surface area (Å²) in [6.07, 6.45) is 3.06. The van der Waals surface area contributed by atoms with Crippen LogP contribution in [0.25, 0.3) is 0 Å². The fourth-order valence-corrected chi connectivity index (χ4v) is 1.67. The highest BCUT2D eigenvalue weighted by Crippen LogP contribution is 2.15. The summed E-state index contributed by atoms with van der Waals surface area (Å²) >= 11 is 0. The first-order chi connectivity index (χ1) is 9.52. The maximum Gasteiger partial charge on any atom is 0.220 e. The van der Waals surface area contributed by atoms with E-state index in [9.17, 15) is 4.79 Å². The molecule has 0 fully saturated rings. The average Bonchev–Trinajstić information content (AvgIpc) is 2.43. The smallest absolute Gasteiger partial charge is 0.220 e. The Kier molecular flexibility index (Phi) is 7.01. The standard InChI is InChI=1S/C15H25N3O2/c1-11(2)20-15-13(5-4-8-17-15)10-18-14(19)7-6-12(3)9-16/h4-5,8,11-12H,6-7,9-10,16H2,1-3H3,(H,18,19). The van der Waals surface area contributed by atoms with Crippen molar-refractivity contribution in [2.24, 2.45) is 11.7 Å². The number of nitrogens with two attached hydrogens (primary N) is 1. The molecule has 0 bridgehead atoms. The predicted octanol–water partition coefficient (Wildman–Crippen LogP) is 1.86. The van der Waals surface area contributed by atoms with Crippen LogP contribution in [0.5, 0.6) is 5.88 Å². The van der Waals surface area contributed by atoms with Crippen molar-refractivity contribution in [2.45, 2.75) is 46.3 Å². The Labute approximate surface area is 120 Å². The second-order valence-electron chi connectivity index (χ2n) is 5.29. The van der Waals surface area contributed by atoms with Gasteiger partial charge in [-0.1, -0.05) is 13.0 Å². The zero-order valence-corrected chi connectivity index (χ0v) is 12.6. The zero-order valence-electron chi connectivity index (χ0n) is 12.6. The molecule has 20 heavy (non-hydrogen) atoms. The second kappa shape index (κ2) is 8.53. The molecule has 0 saturated carbocycles. The van der Waals surface area contributed by atoms with Crippen molar-refractivity contribution in [2.75, 3.05) is 6.54 Å². The van der Waals surface area contributed by atoms with Gasteiger partial charge in [-0.15, -0.1) is 0 Å². The number of hydrogen-bond acceptors (Lipinski definition) is 4. The van der Waals surface area contributed by atoms with E-state index in [1.165, 1.54) is 0 Å². The van der Waals surface area contributed by atoms with Crippen LogP contribution in [-0.4, -0.2) is 23.5 Å². The van der Waals surface area contributed by atoms with Crippen molar-refractivity contribution < 1.29 is 9.53 Å². The minimum atomic E-state index is 0.0321. The van der Waals surface area contributed by atoms with Crippen LogP contribution < -0.4 is 15.8 Å². The van der Waals surface area contributed by atoms with Gasteiger partial charge in [0, 0.05) is 24.7 Å². The van der Waals surface area contributed by atoms with Crippen LogP contribution in [-0.2, 0) is 11.3 Å². The van der Waals surface area contributed by atoms with Crippen LogP contribution in [0.3, 0.4) is 0 Å². The Hall–Kier alpha value is -1.62. The molecule has 0 spiro atoms. The van der Waals surface area contributed by atoms with Crippen molar-refractivity contribution in [1.29, 1.82) is 0 Å². The van der Waals surface area contributed by atoms with E-state index in [0.717, 1.165) is 12.0 Å². The van der Waals surface area contributed by atoms with Gasteiger partial charge in [0.05, 0.1) is 6.10 Å². The van der Waals surface area contributed by atoms with Crippen molar-refractivity contribution in [1.82, 2.24) is 10.3 Å². The molecule has 0 aromatic carbocycles. The van der Waals surface area contributed by atoms with Crippen molar-refractivity contribution in [3.05, 3.63) is 23.9 Å². The molecule has 0 saturated heterocycles. The van der Waals surface area contributed by atoms with Gasteiger partial charge in [-0.2, -0.15) is 0 Å². The van der Waals surface area contributed by atoms with E-state index in [4.69, 9.17) is 10.5 Å². The third kappa shape index (κ3) is 6.02. The average molecular weight is 279 g/mol. The van der Waals surface area contributed by atoms with E-state index in [0.29, 0.717) is 31.3 Å². The monoisotopic (exact) mass is 279 g/mol. The molecule has 5 heteroatoms. The number of nitrogens with one attached hydrogen (secondary N) is 1. The third-order valence-corrected chi connectivity index (χ3v) is 2.94. The van der Waals surface area contributed by atoms with Crippen LogP contribution in [0.15, 0.2) is 18.3 Å². The summed E-state index contributed by atoms with van der Waals surface area (Å²) in [4.78, 5) is 16.0. The zero-order chi connectivity index (χ0) is 15.0. The van der Waals surface area contributed by atoms with E-state index in [1.54, 1.807) is 6.20 Å². The number of pyridine rings is 1. The highest BCUT2D eigenvalue weighted by molar-refractivity contribution is 5.75. The van der Waals surface area contributed by atoms with Crippen molar-refractivity contribution in [3.63, 3.8) is 0 Å². The third-order valence-electron chi connectivity index (χ3n) is 2.94. The molecule has 0 radical (unpaired) electrons. The number of ether oxygens (including phenoxy) is 1. The van der Waals surface area contributed by atoms with E-state index in [1.807, 2.05) is 32.9 Å². The molecule has 5 nitrogen and oxygen atoms in total. The van der Waals surface area contributed by atoms with Crippen LogP contribution in [0.2, 0.25) is 0 Å². The summed E-state index contributed by atoms with van der Waals surface area (Å²) in [5.74, 6) is 0.988. The molecular weight excluding hydrogens is 254 g/mol. The maximum atomic E-state index is 11.8. The SMILES string of the molecule is CC(CN)CCC(=O)NCc1cccnc1OC(C)C. The van der Waals surface area contributed by atoms with Gasteiger partial charge in [-0.25, -0.2) is 4.98 Å². The van der Waals surface area contributed by atoms with Gasteiger partial charge in [0.1, 0.15) is 0 Å². The first-order valence-electron chi connectivity index (χ1n) is 7.10. The lowest BCUT2D eigenvalue weighted by atomic mass is 10.1. The number of carbonyl (C=O) groups is 1. The Morgan fingerprint density at radius 2 is 2.20 bits per heavy atom. The molecule has 1 heterocycles. The molecule has 1 aromatic rings. The van der Waals surface area contributed by atoms with Gasteiger partial charge in [0.15, 0.2) is 0 Å². The number of nitrogens with zero attached hydrogens (tertiary/aromatic N) is 1. The molecular formula is C15H25N3O2. The minimum Gasteiger partial charge on any atom is -0.475 e. The molecule has 1 aromatic heterocycles. The van der Waals surface area contributed by atoms with Gasteiger partial charge in [-0.05, 0) is 38.8 Å². The second-order valence-corrected chi connectivity index (χ2v) is 5.29. The molecule has 1 rings (SSSR count). The Morgan fingerprint density at radius 1 is 1.45 bits per heavy atom. The van der Waals surface area contributed by atoms with Gasteiger partial charge in [-0.3, -0.25) is 4.79 Å². The lowest BCUT2D eigenvalue weighted by Gasteiger charge is -2.13. The normalized spacial score (nSPS) is 12.2. The highest BCUT2D eigenvalue weighted by Gasteiger charge is 2.09. The number of amides is 1. The van der Waals surface area contributed by atoms with Gasteiger partial charge < -0.3 is 15.8 Å². The van der Waals surface area contributed by atoms with E-state index < -0.39 is 0 Å². The highest BCUT2D eigenvalue weighted by atomic mass is 16.5. The van der Waals surface area contributed by atoms with Crippen LogP contribution >= 0.6 is 0 Å². The summed E-state index contributed by atoms with van der Waals surface area (Å²) in [7, 11) is 0. The van der Waals surface area contributed by atoms with E-state index >= 15 is 0 Å². The lowest BCUT2D eigenvalue weighted by molar-refractivity contribution is -0.121. The van der Waals surface area contributed by atoms with Gasteiger partial charge in [0.25, 0.3) is 0 Å². The molecule has 1 atom stereocenters. The maximum absolute atomic E-state index is 11.8. The largest absolute Gasteiger partial charge is 0.475 e. The van der Waals surface area contributed by atoms with Crippen molar-refractivity contribution >= 4 is 5.91 Å². The molecule has 112 valence electrons. The van der Waals surface area contributed by atoms with Gasteiger partial charge in [0.2, 0.25) is 11.8 Å². The first kappa shape index (κ1) is 16.4. The fourth-order valence-electron chi connectivity index (χ4n) is 1.67. The molecule has 3 N–H and O–H groups in total. The molecule has 0 aliphatic heterocycles. The van der Waals surface area contributed by atoms with Crippen LogP contribution in [0.4, 0.5) is 0 Å². The summed E-state index contributed by atoms with van der Waals surface area (Å²) < 4.78 is 5.61. The van der Waals surface area contributed by atoms with Crippen LogP contribution in [0, 0.1) is 5.92 Å². The van der Waals surface area contributed by atoms with E-state index in [2.05, 4.69) is 10.3 Å². The summed E-state index contributed by atoms with van der Waals surface area (Å²) in [6, 6.07) is 3.75.